The third kappa shape index (κ3) is 4.35. The molecular formula is C18H25N5O. The minimum Gasteiger partial charge on any atom is -0.399 e. The Balaban J connectivity index is 1.41. The molecule has 24 heavy (non-hydrogen) atoms. The molecule has 6 nitrogen and oxygen atoms in total. The molecule has 0 saturated carbocycles. The Bertz CT molecular complexity index is 688. The maximum absolute atomic E-state index is 12.1. The van der Waals surface area contributed by atoms with Crippen molar-refractivity contribution >= 4 is 11.6 Å². The summed E-state index contributed by atoms with van der Waals surface area (Å²) in [6, 6.07) is 8.09. The molecule has 1 aromatic heterocycles. The summed E-state index contributed by atoms with van der Waals surface area (Å²) in [5, 5.41) is 7.06. The Labute approximate surface area is 142 Å². The molecule has 3 rings (SSSR count). The van der Waals surface area contributed by atoms with Gasteiger partial charge in [0.25, 0.3) is 5.91 Å². The van der Waals surface area contributed by atoms with Crippen LogP contribution in [0.25, 0.3) is 0 Å². The van der Waals surface area contributed by atoms with Gasteiger partial charge in [0, 0.05) is 32.0 Å². The van der Waals surface area contributed by atoms with E-state index in [-0.39, 0.29) is 5.91 Å². The zero-order valence-electron chi connectivity index (χ0n) is 14.1. The zero-order valence-corrected chi connectivity index (χ0v) is 14.1. The number of piperidine rings is 1. The van der Waals surface area contributed by atoms with Crippen molar-refractivity contribution < 1.29 is 4.79 Å². The predicted octanol–water partition coefficient (Wildman–Crippen LogP) is 1.64. The monoisotopic (exact) mass is 327 g/mol. The van der Waals surface area contributed by atoms with E-state index in [9.17, 15) is 4.79 Å². The van der Waals surface area contributed by atoms with Crippen LogP contribution < -0.4 is 11.1 Å². The van der Waals surface area contributed by atoms with Crippen LogP contribution in [0.2, 0.25) is 0 Å². The molecule has 3 N–H and O–H groups in total. The Morgan fingerprint density at radius 3 is 2.83 bits per heavy atom. The molecule has 0 radical (unpaired) electrons. The van der Waals surface area contributed by atoms with E-state index >= 15 is 0 Å². The van der Waals surface area contributed by atoms with Gasteiger partial charge < -0.3 is 11.1 Å². The fourth-order valence-electron chi connectivity index (χ4n) is 3.18. The summed E-state index contributed by atoms with van der Waals surface area (Å²) in [7, 11) is 1.81. The molecule has 0 atom stereocenters. The van der Waals surface area contributed by atoms with E-state index in [1.807, 2.05) is 25.2 Å². The lowest BCUT2D eigenvalue weighted by Crippen LogP contribution is -2.38. The van der Waals surface area contributed by atoms with Gasteiger partial charge in [-0.15, -0.1) is 0 Å². The molecule has 128 valence electrons. The first kappa shape index (κ1) is 16.5. The van der Waals surface area contributed by atoms with Crippen molar-refractivity contribution in [3.63, 3.8) is 0 Å². The molecular weight excluding hydrogens is 302 g/mol. The highest BCUT2D eigenvalue weighted by Crippen LogP contribution is 2.19. The lowest BCUT2D eigenvalue weighted by atomic mass is 9.96. The molecule has 1 saturated heterocycles. The summed E-state index contributed by atoms with van der Waals surface area (Å²) >= 11 is 0. The molecule has 1 aliphatic rings. The van der Waals surface area contributed by atoms with Gasteiger partial charge in [-0.2, -0.15) is 5.10 Å². The van der Waals surface area contributed by atoms with Crippen LogP contribution in [-0.2, 0) is 13.6 Å². The van der Waals surface area contributed by atoms with Gasteiger partial charge in [0.05, 0.1) is 11.8 Å². The lowest BCUT2D eigenvalue weighted by Gasteiger charge is -2.32. The number of nitrogen functional groups attached to an aromatic ring is 1. The number of aryl methyl sites for hydroxylation is 1. The number of amides is 1. The van der Waals surface area contributed by atoms with Gasteiger partial charge in [-0.3, -0.25) is 14.4 Å². The third-order valence-electron chi connectivity index (χ3n) is 4.58. The molecule has 1 amide bonds. The van der Waals surface area contributed by atoms with Crippen molar-refractivity contribution in [1.29, 1.82) is 0 Å². The van der Waals surface area contributed by atoms with Gasteiger partial charge in [0.2, 0.25) is 0 Å². The Morgan fingerprint density at radius 1 is 1.38 bits per heavy atom. The number of aromatic nitrogens is 2. The third-order valence-corrected chi connectivity index (χ3v) is 4.58. The highest BCUT2D eigenvalue weighted by Gasteiger charge is 2.20. The number of hydrogen-bond acceptors (Lipinski definition) is 4. The first-order chi connectivity index (χ1) is 11.6. The molecule has 2 heterocycles. The van der Waals surface area contributed by atoms with E-state index in [0.717, 1.165) is 44.7 Å². The maximum Gasteiger partial charge on any atom is 0.254 e. The molecule has 0 aliphatic carbocycles. The van der Waals surface area contributed by atoms with Gasteiger partial charge in [-0.05, 0) is 49.5 Å². The molecule has 0 spiro atoms. The van der Waals surface area contributed by atoms with Crippen molar-refractivity contribution in [3.8, 4) is 0 Å². The smallest absolute Gasteiger partial charge is 0.254 e. The summed E-state index contributed by atoms with van der Waals surface area (Å²) in [4.78, 5) is 14.5. The number of hydrogen-bond donors (Lipinski definition) is 2. The van der Waals surface area contributed by atoms with Crippen LogP contribution in [0.15, 0.2) is 36.7 Å². The van der Waals surface area contributed by atoms with E-state index in [2.05, 4.69) is 21.4 Å². The predicted molar refractivity (Wildman–Crippen MR) is 94.4 cm³/mol. The molecule has 0 unspecified atom stereocenters. The van der Waals surface area contributed by atoms with Crippen molar-refractivity contribution in [2.75, 3.05) is 25.4 Å². The topological polar surface area (TPSA) is 76.2 Å². The Morgan fingerprint density at radius 2 is 2.17 bits per heavy atom. The number of nitrogens with one attached hydrogen (secondary N) is 1. The van der Waals surface area contributed by atoms with Crippen molar-refractivity contribution in [2.45, 2.75) is 19.4 Å². The standard InChI is InChI=1S/C18H25N5O/c1-22-13-16(11-21-22)18(24)20-10-14-5-7-23(8-6-14)12-15-3-2-4-17(19)9-15/h2-4,9,11,13-14H,5-8,10,12,19H2,1H3,(H,20,24). The van der Waals surface area contributed by atoms with Crippen LogP contribution in [-0.4, -0.2) is 40.2 Å². The van der Waals surface area contributed by atoms with Gasteiger partial charge >= 0.3 is 0 Å². The minimum absolute atomic E-state index is 0.0368. The fraction of sp³-hybridized carbons (Fsp3) is 0.444. The van der Waals surface area contributed by atoms with E-state index in [4.69, 9.17) is 5.73 Å². The zero-order chi connectivity index (χ0) is 16.9. The maximum atomic E-state index is 12.1. The molecule has 1 aromatic carbocycles. The number of anilines is 1. The SMILES string of the molecule is Cn1cc(C(=O)NCC2CCN(Cc3cccc(N)c3)CC2)cn1. The Kier molecular flexibility index (Phi) is 5.15. The number of carbonyl (C=O) groups is 1. The molecule has 6 heteroatoms. The number of likely N-dealkylation sites (tertiary alicyclic amines) is 1. The summed E-state index contributed by atoms with van der Waals surface area (Å²) in [6.45, 7) is 3.80. The van der Waals surface area contributed by atoms with Crippen LogP contribution in [0.4, 0.5) is 5.69 Å². The minimum atomic E-state index is -0.0368. The average molecular weight is 327 g/mol. The van der Waals surface area contributed by atoms with E-state index in [0.29, 0.717) is 11.5 Å². The van der Waals surface area contributed by atoms with Gasteiger partial charge in [-0.25, -0.2) is 0 Å². The quantitative estimate of drug-likeness (QED) is 0.819. The van der Waals surface area contributed by atoms with Crippen LogP contribution in [0.3, 0.4) is 0 Å². The summed E-state index contributed by atoms with van der Waals surface area (Å²) in [6.07, 6.45) is 5.55. The number of nitrogens with zero attached hydrogens (tertiary/aromatic N) is 3. The molecule has 1 aliphatic heterocycles. The lowest BCUT2D eigenvalue weighted by molar-refractivity contribution is 0.0935. The van der Waals surface area contributed by atoms with Gasteiger partial charge in [0.15, 0.2) is 0 Å². The normalized spacial score (nSPS) is 16.2. The first-order valence-electron chi connectivity index (χ1n) is 8.44. The Hall–Kier alpha value is -2.34. The number of carbonyl (C=O) groups excluding carboxylic acids is 1. The average Bonchev–Trinajstić information content (AvgIpc) is 3.01. The van der Waals surface area contributed by atoms with Gasteiger partial charge in [0.1, 0.15) is 0 Å². The summed E-state index contributed by atoms with van der Waals surface area (Å²) in [5.74, 6) is 0.507. The van der Waals surface area contributed by atoms with Crippen molar-refractivity contribution in [1.82, 2.24) is 20.0 Å². The largest absolute Gasteiger partial charge is 0.399 e. The van der Waals surface area contributed by atoms with Crippen molar-refractivity contribution in [3.05, 3.63) is 47.8 Å². The van der Waals surface area contributed by atoms with E-state index < -0.39 is 0 Å². The van der Waals surface area contributed by atoms with E-state index in [1.54, 1.807) is 17.1 Å². The summed E-state index contributed by atoms with van der Waals surface area (Å²) < 4.78 is 1.64. The van der Waals surface area contributed by atoms with Crippen LogP contribution in [0.1, 0.15) is 28.8 Å². The highest BCUT2D eigenvalue weighted by atomic mass is 16.1. The van der Waals surface area contributed by atoms with Crippen LogP contribution in [0.5, 0.6) is 0 Å². The van der Waals surface area contributed by atoms with Crippen LogP contribution in [0, 0.1) is 5.92 Å². The number of benzene rings is 1. The molecule has 1 fully saturated rings. The highest BCUT2D eigenvalue weighted by molar-refractivity contribution is 5.93. The van der Waals surface area contributed by atoms with E-state index in [1.165, 1.54) is 5.56 Å². The fourth-order valence-corrected chi connectivity index (χ4v) is 3.18. The second-order valence-corrected chi connectivity index (χ2v) is 6.58. The second-order valence-electron chi connectivity index (χ2n) is 6.58. The number of nitrogens with two attached hydrogens (primary N) is 1. The second kappa shape index (κ2) is 7.49. The van der Waals surface area contributed by atoms with Gasteiger partial charge in [-0.1, -0.05) is 12.1 Å². The van der Waals surface area contributed by atoms with Crippen LogP contribution >= 0.6 is 0 Å². The number of rotatable bonds is 5. The van der Waals surface area contributed by atoms with Crippen molar-refractivity contribution in [2.24, 2.45) is 13.0 Å². The molecule has 0 bridgehead atoms. The first-order valence-corrected chi connectivity index (χ1v) is 8.44. The molecule has 2 aromatic rings. The summed E-state index contributed by atoms with van der Waals surface area (Å²) in [5.41, 5.74) is 8.54.